The number of nitrogens with zero attached hydrogens (tertiary/aromatic N) is 2. The predicted octanol–water partition coefficient (Wildman–Crippen LogP) is 2.54. The van der Waals surface area contributed by atoms with E-state index in [0.717, 1.165) is 18.2 Å². The number of halogens is 3. The highest BCUT2D eigenvalue weighted by atomic mass is 79.9. The summed E-state index contributed by atoms with van der Waals surface area (Å²) in [6.07, 6.45) is 0.211. The minimum atomic E-state index is -1.27. The molecule has 0 aliphatic heterocycles. The summed E-state index contributed by atoms with van der Waals surface area (Å²) in [5, 5.41) is 14.0. The van der Waals surface area contributed by atoms with Crippen LogP contribution in [0, 0.1) is 11.6 Å². The molecule has 2 aromatic rings. The minimum absolute atomic E-state index is 0.116. The van der Waals surface area contributed by atoms with Gasteiger partial charge in [0.25, 0.3) is 0 Å². The van der Waals surface area contributed by atoms with E-state index in [0.29, 0.717) is 10.2 Å². The third kappa shape index (κ3) is 2.23. The Labute approximate surface area is 105 Å². The highest BCUT2D eigenvalue weighted by Crippen LogP contribution is 2.29. The molecule has 1 aromatic heterocycles. The van der Waals surface area contributed by atoms with Gasteiger partial charge >= 0.3 is 0 Å². The fourth-order valence-electron chi connectivity index (χ4n) is 1.60. The number of hydrogen-bond donors (Lipinski definition) is 1. The monoisotopic (exact) mass is 302 g/mol. The van der Waals surface area contributed by atoms with Crippen LogP contribution in [0.5, 0.6) is 0 Å². The van der Waals surface area contributed by atoms with E-state index in [4.69, 9.17) is 0 Å². The molecule has 0 spiro atoms. The Hall–Kier alpha value is -1.27. The molecule has 17 heavy (non-hydrogen) atoms. The van der Waals surface area contributed by atoms with Gasteiger partial charge in [-0.2, -0.15) is 5.10 Å². The van der Waals surface area contributed by atoms with E-state index in [-0.39, 0.29) is 5.56 Å². The van der Waals surface area contributed by atoms with Gasteiger partial charge < -0.3 is 5.11 Å². The summed E-state index contributed by atoms with van der Waals surface area (Å²) in [5.41, 5.74) is 0.254. The number of aliphatic hydroxyl groups is 1. The molecule has 0 bridgehead atoms. The van der Waals surface area contributed by atoms with E-state index < -0.39 is 17.7 Å². The molecule has 1 N–H and O–H groups in total. The zero-order valence-corrected chi connectivity index (χ0v) is 10.4. The zero-order chi connectivity index (χ0) is 12.6. The molecule has 6 heteroatoms. The van der Waals surface area contributed by atoms with Crippen LogP contribution >= 0.6 is 15.9 Å². The maximum Gasteiger partial charge on any atom is 0.129 e. The van der Waals surface area contributed by atoms with Crippen LogP contribution in [0.25, 0.3) is 0 Å². The lowest BCUT2D eigenvalue weighted by molar-refractivity contribution is 0.203. The molecule has 1 heterocycles. The van der Waals surface area contributed by atoms with Crippen molar-refractivity contribution in [3.05, 3.63) is 51.8 Å². The van der Waals surface area contributed by atoms with E-state index in [2.05, 4.69) is 21.0 Å². The van der Waals surface area contributed by atoms with Crippen molar-refractivity contribution >= 4 is 15.9 Å². The first-order chi connectivity index (χ1) is 8.00. The van der Waals surface area contributed by atoms with Crippen molar-refractivity contribution in [1.82, 2.24) is 9.78 Å². The van der Waals surface area contributed by atoms with Crippen molar-refractivity contribution in [3.63, 3.8) is 0 Å². The molecule has 0 saturated heterocycles. The molecule has 2 rings (SSSR count). The summed E-state index contributed by atoms with van der Waals surface area (Å²) >= 11 is 3.20. The van der Waals surface area contributed by atoms with Crippen LogP contribution in [0.1, 0.15) is 17.4 Å². The predicted molar refractivity (Wildman–Crippen MR) is 61.3 cm³/mol. The Bertz CT molecular complexity index is 537. The lowest BCUT2D eigenvalue weighted by atomic mass is 10.1. The van der Waals surface area contributed by atoms with Gasteiger partial charge in [-0.25, -0.2) is 8.78 Å². The number of aryl methyl sites for hydroxylation is 1. The second-order valence-corrected chi connectivity index (χ2v) is 4.42. The van der Waals surface area contributed by atoms with Crippen LogP contribution in [0.2, 0.25) is 0 Å². The molecule has 0 saturated carbocycles. The van der Waals surface area contributed by atoms with Gasteiger partial charge in [0.2, 0.25) is 0 Å². The molecule has 0 fully saturated rings. The van der Waals surface area contributed by atoms with E-state index in [1.807, 2.05) is 0 Å². The highest BCUT2D eigenvalue weighted by molar-refractivity contribution is 9.10. The van der Waals surface area contributed by atoms with Crippen molar-refractivity contribution in [1.29, 1.82) is 0 Å². The fourth-order valence-corrected chi connectivity index (χ4v) is 2.16. The lowest BCUT2D eigenvalue weighted by Gasteiger charge is -2.13. The van der Waals surface area contributed by atoms with Crippen LogP contribution < -0.4 is 0 Å². The third-order valence-electron chi connectivity index (χ3n) is 2.45. The van der Waals surface area contributed by atoms with Gasteiger partial charge in [0, 0.05) is 12.6 Å². The van der Waals surface area contributed by atoms with E-state index in [1.165, 1.54) is 10.9 Å². The lowest BCUT2D eigenvalue weighted by Crippen LogP contribution is -2.09. The number of aliphatic hydroxyl groups excluding tert-OH is 1. The first-order valence-corrected chi connectivity index (χ1v) is 5.60. The summed E-state index contributed by atoms with van der Waals surface area (Å²) in [6.45, 7) is 0. The van der Waals surface area contributed by atoms with Crippen molar-refractivity contribution in [2.45, 2.75) is 6.10 Å². The SMILES string of the molecule is Cn1ncc(Br)c1C(O)c1cc(F)ccc1F. The van der Waals surface area contributed by atoms with Crippen molar-refractivity contribution in [2.24, 2.45) is 7.05 Å². The molecule has 0 amide bonds. The molecule has 1 aromatic carbocycles. The van der Waals surface area contributed by atoms with Crippen LogP contribution in [-0.2, 0) is 7.05 Å². The van der Waals surface area contributed by atoms with E-state index in [9.17, 15) is 13.9 Å². The van der Waals surface area contributed by atoms with Gasteiger partial charge in [0.1, 0.15) is 17.7 Å². The number of hydrogen-bond acceptors (Lipinski definition) is 2. The number of benzene rings is 1. The second-order valence-electron chi connectivity index (χ2n) is 3.57. The Morgan fingerprint density at radius 2 is 2.12 bits per heavy atom. The van der Waals surface area contributed by atoms with Crippen LogP contribution in [0.4, 0.5) is 8.78 Å². The van der Waals surface area contributed by atoms with Crippen molar-refractivity contribution < 1.29 is 13.9 Å². The topological polar surface area (TPSA) is 38.0 Å². The maximum atomic E-state index is 13.5. The minimum Gasteiger partial charge on any atom is -0.382 e. The molecule has 90 valence electrons. The number of rotatable bonds is 2. The molecule has 3 nitrogen and oxygen atoms in total. The average Bonchev–Trinajstić information content (AvgIpc) is 2.61. The smallest absolute Gasteiger partial charge is 0.129 e. The van der Waals surface area contributed by atoms with Gasteiger partial charge in [-0.3, -0.25) is 4.68 Å². The van der Waals surface area contributed by atoms with Gasteiger partial charge in [0.15, 0.2) is 0 Å². The maximum absolute atomic E-state index is 13.5. The van der Waals surface area contributed by atoms with Gasteiger partial charge in [-0.05, 0) is 34.1 Å². The first-order valence-electron chi connectivity index (χ1n) is 4.81. The highest BCUT2D eigenvalue weighted by Gasteiger charge is 2.21. The standard InChI is InChI=1S/C11H9BrF2N2O/c1-16-10(8(12)5-15-16)11(17)7-4-6(13)2-3-9(7)14/h2-5,11,17H,1H3. The fraction of sp³-hybridized carbons (Fsp3) is 0.182. The Morgan fingerprint density at radius 3 is 2.71 bits per heavy atom. The van der Waals surface area contributed by atoms with E-state index >= 15 is 0 Å². The Kier molecular flexibility index (Phi) is 3.26. The molecular weight excluding hydrogens is 294 g/mol. The summed E-state index contributed by atoms with van der Waals surface area (Å²) in [5.74, 6) is -1.26. The molecule has 0 aliphatic rings. The quantitative estimate of drug-likeness (QED) is 0.926. The zero-order valence-electron chi connectivity index (χ0n) is 8.86. The molecule has 1 atom stereocenters. The third-order valence-corrected chi connectivity index (χ3v) is 3.06. The summed E-state index contributed by atoms with van der Waals surface area (Å²) in [7, 11) is 1.61. The van der Waals surface area contributed by atoms with Crippen LogP contribution in [0.15, 0.2) is 28.9 Å². The van der Waals surface area contributed by atoms with Crippen molar-refractivity contribution in [3.8, 4) is 0 Å². The van der Waals surface area contributed by atoms with Gasteiger partial charge in [0.05, 0.1) is 16.4 Å². The second kappa shape index (κ2) is 4.54. The van der Waals surface area contributed by atoms with Gasteiger partial charge in [-0.15, -0.1) is 0 Å². The summed E-state index contributed by atoms with van der Waals surface area (Å²) in [4.78, 5) is 0. The normalized spacial score (nSPS) is 12.8. The molecule has 1 unspecified atom stereocenters. The molecule has 0 aliphatic carbocycles. The summed E-state index contributed by atoms with van der Waals surface area (Å²) in [6, 6.07) is 2.96. The van der Waals surface area contributed by atoms with Crippen LogP contribution in [-0.4, -0.2) is 14.9 Å². The largest absolute Gasteiger partial charge is 0.382 e. The van der Waals surface area contributed by atoms with Crippen LogP contribution in [0.3, 0.4) is 0 Å². The summed E-state index contributed by atoms with van der Waals surface area (Å²) < 4.78 is 28.5. The average molecular weight is 303 g/mol. The van der Waals surface area contributed by atoms with E-state index in [1.54, 1.807) is 7.05 Å². The Morgan fingerprint density at radius 1 is 1.41 bits per heavy atom. The molecule has 0 radical (unpaired) electrons. The van der Waals surface area contributed by atoms with Crippen molar-refractivity contribution in [2.75, 3.05) is 0 Å². The first kappa shape index (κ1) is 12.2. The molecular formula is C11H9BrF2N2O. The Balaban J connectivity index is 2.50. The van der Waals surface area contributed by atoms with Gasteiger partial charge in [-0.1, -0.05) is 0 Å². The number of aromatic nitrogens is 2.